The van der Waals surface area contributed by atoms with Gasteiger partial charge in [-0.25, -0.2) is 4.98 Å². The van der Waals surface area contributed by atoms with Crippen molar-refractivity contribution >= 4 is 28.3 Å². The first-order valence-corrected chi connectivity index (χ1v) is 10.9. The van der Waals surface area contributed by atoms with Crippen molar-refractivity contribution in [2.75, 3.05) is 33.0 Å². The van der Waals surface area contributed by atoms with E-state index in [9.17, 15) is 9.59 Å². The lowest BCUT2D eigenvalue weighted by Gasteiger charge is -2.43. The monoisotopic (exact) mass is 447 g/mol. The van der Waals surface area contributed by atoms with Crippen LogP contribution in [-0.4, -0.2) is 54.5 Å². The van der Waals surface area contributed by atoms with Crippen molar-refractivity contribution in [1.29, 1.82) is 0 Å². The van der Waals surface area contributed by atoms with Crippen LogP contribution in [0.5, 0.6) is 17.2 Å². The molecule has 0 aliphatic carbocycles. The van der Waals surface area contributed by atoms with Gasteiger partial charge in [-0.1, -0.05) is 0 Å². The highest BCUT2D eigenvalue weighted by atomic mass is 16.5. The normalized spacial score (nSPS) is 16.9. The van der Waals surface area contributed by atoms with Gasteiger partial charge in [-0.3, -0.25) is 9.59 Å². The minimum absolute atomic E-state index is 0.0275. The van der Waals surface area contributed by atoms with Gasteiger partial charge in [-0.2, -0.15) is 0 Å². The molecule has 33 heavy (non-hydrogen) atoms. The molecule has 3 heterocycles. The molecule has 5 rings (SSSR count). The summed E-state index contributed by atoms with van der Waals surface area (Å²) in [4.78, 5) is 32.3. The number of aromatic nitrogens is 1. The Labute approximate surface area is 191 Å². The summed E-state index contributed by atoms with van der Waals surface area (Å²) in [5, 5.41) is 0.777. The van der Waals surface area contributed by atoms with Crippen LogP contribution in [0.25, 0.3) is 10.9 Å². The number of ketones is 1. The van der Waals surface area contributed by atoms with Crippen molar-refractivity contribution in [3.63, 3.8) is 0 Å². The summed E-state index contributed by atoms with van der Waals surface area (Å²) < 4.78 is 17.1. The average molecular weight is 447 g/mol. The molecular weight excluding hydrogens is 422 g/mol. The minimum Gasteiger partial charge on any atom is -0.497 e. The van der Waals surface area contributed by atoms with Gasteiger partial charge in [0.05, 0.1) is 31.7 Å². The van der Waals surface area contributed by atoms with Crippen LogP contribution in [0.4, 0.5) is 5.69 Å². The number of amides is 1. The van der Waals surface area contributed by atoms with E-state index >= 15 is 0 Å². The Kier molecular flexibility index (Phi) is 5.08. The molecule has 2 aliphatic heterocycles. The topological polar surface area (TPSA) is 104 Å². The largest absolute Gasteiger partial charge is 0.497 e. The molecule has 0 saturated carbocycles. The molecule has 2 N–H and O–H groups in total. The first-order chi connectivity index (χ1) is 15.9. The number of nitrogens with two attached hydrogens (primary N) is 1. The number of methoxy groups -OCH3 is 2. The molecule has 1 aromatic heterocycles. The number of rotatable bonds is 3. The lowest BCUT2D eigenvalue weighted by Crippen LogP contribution is -2.52. The van der Waals surface area contributed by atoms with Gasteiger partial charge in [-0.15, -0.1) is 0 Å². The fourth-order valence-electron chi connectivity index (χ4n) is 4.65. The molecule has 0 unspecified atom stereocenters. The number of carbonyl (C=O) groups is 2. The predicted octanol–water partition coefficient (Wildman–Crippen LogP) is 3.47. The van der Waals surface area contributed by atoms with Gasteiger partial charge in [0.2, 0.25) is 0 Å². The molecule has 1 saturated heterocycles. The van der Waals surface area contributed by atoms with Crippen LogP contribution >= 0.6 is 0 Å². The zero-order chi connectivity index (χ0) is 23.2. The highest BCUT2D eigenvalue weighted by Crippen LogP contribution is 2.40. The van der Waals surface area contributed by atoms with Gasteiger partial charge < -0.3 is 24.8 Å². The van der Waals surface area contributed by atoms with Gasteiger partial charge in [0.25, 0.3) is 5.91 Å². The molecule has 0 radical (unpaired) electrons. The minimum atomic E-state index is -0.595. The van der Waals surface area contributed by atoms with E-state index in [1.54, 1.807) is 49.5 Å². The summed E-state index contributed by atoms with van der Waals surface area (Å²) in [6, 6.07) is 12.3. The molecule has 0 atom stereocenters. The third kappa shape index (κ3) is 3.71. The Balaban J connectivity index is 1.35. The van der Waals surface area contributed by atoms with Crippen LogP contribution in [0.15, 0.2) is 42.5 Å². The number of ether oxygens (including phenoxy) is 3. The fourth-order valence-corrected chi connectivity index (χ4v) is 4.65. The van der Waals surface area contributed by atoms with Gasteiger partial charge in [-0.05, 0) is 36.4 Å². The molecule has 2 aliphatic rings. The number of benzene rings is 2. The van der Waals surface area contributed by atoms with Crippen molar-refractivity contribution in [2.24, 2.45) is 0 Å². The summed E-state index contributed by atoms with van der Waals surface area (Å²) in [6.45, 7) is 0.947. The molecular formula is C25H25N3O5. The van der Waals surface area contributed by atoms with Crippen LogP contribution < -0.4 is 19.9 Å². The van der Waals surface area contributed by atoms with Gasteiger partial charge in [0, 0.05) is 43.1 Å². The Hall–Kier alpha value is -3.81. The molecule has 1 spiro atoms. The van der Waals surface area contributed by atoms with Crippen LogP contribution in [0, 0.1) is 0 Å². The lowest BCUT2D eigenvalue weighted by molar-refractivity contribution is -0.00583. The summed E-state index contributed by atoms with van der Waals surface area (Å²) in [6.07, 6.45) is 1.42. The van der Waals surface area contributed by atoms with Crippen LogP contribution in [-0.2, 0) is 0 Å². The van der Waals surface area contributed by atoms with E-state index in [4.69, 9.17) is 19.9 Å². The standard InChI is InChI=1S/C25H25N3O5/c1-31-16-4-5-19-17(12-16)23(32-2)13-20(27-19)24(30)28-9-7-25(8-10-28)14-21(29)18-11-15(26)3-6-22(18)33-25/h3-6,11-13H,7-10,14,26H2,1-2H3. The number of carbonyl (C=O) groups excluding carboxylic acids is 2. The number of hydrogen-bond acceptors (Lipinski definition) is 7. The van der Waals surface area contributed by atoms with E-state index in [2.05, 4.69) is 4.98 Å². The Bertz CT molecular complexity index is 1260. The zero-order valence-corrected chi connectivity index (χ0v) is 18.6. The summed E-state index contributed by atoms with van der Waals surface area (Å²) in [5.41, 5.74) is 7.27. The van der Waals surface area contributed by atoms with E-state index in [1.807, 2.05) is 12.1 Å². The third-order valence-corrected chi connectivity index (χ3v) is 6.49. The molecule has 1 amide bonds. The summed E-state index contributed by atoms with van der Waals surface area (Å²) in [5.74, 6) is 1.68. The molecule has 2 aromatic carbocycles. The number of nitrogens with zero attached hydrogens (tertiary/aromatic N) is 2. The first-order valence-electron chi connectivity index (χ1n) is 10.9. The second-order valence-corrected chi connectivity index (χ2v) is 8.53. The second-order valence-electron chi connectivity index (χ2n) is 8.53. The number of fused-ring (bicyclic) bond motifs is 2. The van der Waals surface area contributed by atoms with E-state index in [0.29, 0.717) is 65.6 Å². The molecule has 8 nitrogen and oxygen atoms in total. The van der Waals surface area contributed by atoms with Gasteiger partial charge in [0.1, 0.15) is 28.5 Å². The SMILES string of the molecule is COc1ccc2nc(C(=O)N3CCC4(CC3)CC(=O)c3cc(N)ccc3O4)cc(OC)c2c1. The highest BCUT2D eigenvalue weighted by Gasteiger charge is 2.44. The van der Waals surface area contributed by atoms with Crippen molar-refractivity contribution in [1.82, 2.24) is 9.88 Å². The molecule has 8 heteroatoms. The zero-order valence-electron chi connectivity index (χ0n) is 18.6. The van der Waals surface area contributed by atoms with E-state index in [1.165, 1.54) is 0 Å². The Morgan fingerprint density at radius 2 is 1.88 bits per heavy atom. The van der Waals surface area contributed by atoms with Crippen LogP contribution in [0.3, 0.4) is 0 Å². The van der Waals surface area contributed by atoms with E-state index < -0.39 is 5.60 Å². The molecule has 1 fully saturated rings. The molecule has 3 aromatic rings. The van der Waals surface area contributed by atoms with Crippen molar-refractivity contribution in [3.05, 3.63) is 53.7 Å². The quantitative estimate of drug-likeness (QED) is 0.613. The number of piperidine rings is 1. The maximum absolute atomic E-state index is 13.3. The number of hydrogen-bond donors (Lipinski definition) is 1. The lowest BCUT2D eigenvalue weighted by atomic mass is 9.82. The third-order valence-electron chi connectivity index (χ3n) is 6.49. The molecule has 170 valence electrons. The van der Waals surface area contributed by atoms with Crippen molar-refractivity contribution < 1.29 is 23.8 Å². The number of pyridine rings is 1. The van der Waals surface area contributed by atoms with Crippen LogP contribution in [0.1, 0.15) is 40.1 Å². The van der Waals surface area contributed by atoms with E-state index in [-0.39, 0.29) is 18.1 Å². The fraction of sp³-hybridized carbons (Fsp3) is 0.320. The first kappa shape index (κ1) is 21.1. The predicted molar refractivity (Wildman–Crippen MR) is 123 cm³/mol. The van der Waals surface area contributed by atoms with Gasteiger partial charge in [0.15, 0.2) is 5.78 Å². The number of Topliss-reactive ketones (excluding diaryl/α,β-unsaturated/α-hetero) is 1. The Morgan fingerprint density at radius 3 is 2.61 bits per heavy atom. The average Bonchev–Trinajstić information content (AvgIpc) is 2.83. The summed E-state index contributed by atoms with van der Waals surface area (Å²) in [7, 11) is 3.16. The van der Waals surface area contributed by atoms with Crippen LogP contribution in [0.2, 0.25) is 0 Å². The highest BCUT2D eigenvalue weighted by molar-refractivity contribution is 6.01. The second kappa shape index (κ2) is 7.95. The number of anilines is 1. The molecule has 0 bridgehead atoms. The maximum Gasteiger partial charge on any atom is 0.272 e. The van der Waals surface area contributed by atoms with Gasteiger partial charge >= 0.3 is 0 Å². The smallest absolute Gasteiger partial charge is 0.272 e. The van der Waals surface area contributed by atoms with Crippen molar-refractivity contribution in [3.8, 4) is 17.2 Å². The van der Waals surface area contributed by atoms with E-state index in [0.717, 1.165) is 5.39 Å². The number of likely N-dealkylation sites (tertiary alicyclic amines) is 1. The summed E-state index contributed by atoms with van der Waals surface area (Å²) >= 11 is 0. The Morgan fingerprint density at radius 1 is 1.09 bits per heavy atom. The van der Waals surface area contributed by atoms with Crippen molar-refractivity contribution in [2.45, 2.75) is 24.9 Å². The number of nitrogen functional groups attached to an aromatic ring is 1. The maximum atomic E-state index is 13.3.